The second-order valence-electron chi connectivity index (χ2n) is 4.56. The molecule has 1 aromatic carbocycles. The van der Waals surface area contributed by atoms with Gasteiger partial charge in [-0.3, -0.25) is 10.1 Å². The van der Waals surface area contributed by atoms with E-state index in [0.717, 1.165) is 11.1 Å². The van der Waals surface area contributed by atoms with Crippen LogP contribution in [0.1, 0.15) is 0 Å². The molecule has 0 bridgehead atoms. The zero-order chi connectivity index (χ0) is 16.1. The quantitative estimate of drug-likeness (QED) is 0.762. The third-order valence-corrected chi connectivity index (χ3v) is 4.09. The van der Waals surface area contributed by atoms with E-state index >= 15 is 0 Å². The van der Waals surface area contributed by atoms with E-state index in [4.69, 9.17) is 16.3 Å². The van der Waals surface area contributed by atoms with Crippen LogP contribution in [-0.4, -0.2) is 22.5 Å². The number of hydrogen-bond acceptors (Lipinski definition) is 5. The molecule has 0 aliphatic rings. The number of carbonyl (C=O) groups excluding carboxylic acids is 1. The topological polar surface area (TPSA) is 64.1 Å². The molecule has 0 saturated carbocycles. The van der Waals surface area contributed by atoms with Crippen molar-refractivity contribution in [2.24, 2.45) is 0 Å². The molecule has 0 spiro atoms. The van der Waals surface area contributed by atoms with Gasteiger partial charge in [-0.1, -0.05) is 41.9 Å². The highest BCUT2D eigenvalue weighted by Crippen LogP contribution is 2.29. The minimum atomic E-state index is -0.347. The number of rotatable bonds is 5. The molecular formula is C16H12ClN3O2S. The molecule has 23 heavy (non-hydrogen) atoms. The van der Waals surface area contributed by atoms with Crippen LogP contribution >= 0.6 is 22.9 Å². The number of carbonyl (C=O) groups is 1. The average Bonchev–Trinajstić information content (AvgIpc) is 3.00. The molecule has 2 aromatic heterocycles. The van der Waals surface area contributed by atoms with Gasteiger partial charge in [0.05, 0.1) is 0 Å². The number of thiophene rings is 1. The Kier molecular flexibility index (Phi) is 4.85. The first-order chi connectivity index (χ1) is 11.2. The van der Waals surface area contributed by atoms with Crippen LogP contribution in [0.15, 0.2) is 54.2 Å². The summed E-state index contributed by atoms with van der Waals surface area (Å²) in [7, 11) is 0. The molecule has 1 N–H and O–H groups in total. The SMILES string of the molecule is O=C(COc1ccsc1Cl)Nc1ncc(-c2ccccc2)cn1. The Hall–Kier alpha value is -2.44. The van der Waals surface area contributed by atoms with E-state index in [1.165, 1.54) is 11.3 Å². The van der Waals surface area contributed by atoms with Crippen molar-refractivity contribution in [3.8, 4) is 16.9 Å². The van der Waals surface area contributed by atoms with Gasteiger partial charge in [0, 0.05) is 18.0 Å². The van der Waals surface area contributed by atoms with Gasteiger partial charge < -0.3 is 4.74 Å². The van der Waals surface area contributed by atoms with E-state index in [9.17, 15) is 4.79 Å². The van der Waals surface area contributed by atoms with Gasteiger partial charge in [0.15, 0.2) is 6.61 Å². The van der Waals surface area contributed by atoms with Crippen LogP contribution in [0.3, 0.4) is 0 Å². The minimum Gasteiger partial charge on any atom is -0.481 e. The summed E-state index contributed by atoms with van der Waals surface area (Å²) in [6.45, 7) is -0.153. The number of aromatic nitrogens is 2. The summed E-state index contributed by atoms with van der Waals surface area (Å²) in [6.07, 6.45) is 3.32. The number of anilines is 1. The van der Waals surface area contributed by atoms with Gasteiger partial charge in [0.2, 0.25) is 5.95 Å². The Morgan fingerprint density at radius 3 is 2.52 bits per heavy atom. The van der Waals surface area contributed by atoms with Crippen LogP contribution in [0.25, 0.3) is 11.1 Å². The second kappa shape index (κ2) is 7.21. The lowest BCUT2D eigenvalue weighted by molar-refractivity contribution is -0.118. The van der Waals surface area contributed by atoms with Gasteiger partial charge in [0.1, 0.15) is 10.1 Å². The number of hydrogen-bond donors (Lipinski definition) is 1. The number of halogens is 1. The minimum absolute atomic E-state index is 0.153. The van der Waals surface area contributed by atoms with Gasteiger partial charge in [-0.2, -0.15) is 0 Å². The third-order valence-electron chi connectivity index (χ3n) is 2.95. The lowest BCUT2D eigenvalue weighted by atomic mass is 10.1. The van der Waals surface area contributed by atoms with Crippen molar-refractivity contribution >= 4 is 34.8 Å². The summed E-state index contributed by atoms with van der Waals surface area (Å²) in [4.78, 5) is 20.1. The molecule has 2 heterocycles. The fraction of sp³-hybridized carbons (Fsp3) is 0.0625. The van der Waals surface area contributed by atoms with E-state index < -0.39 is 0 Å². The van der Waals surface area contributed by atoms with Crippen molar-refractivity contribution < 1.29 is 9.53 Å². The van der Waals surface area contributed by atoms with Crippen molar-refractivity contribution in [1.29, 1.82) is 0 Å². The normalized spacial score (nSPS) is 10.3. The molecular weight excluding hydrogens is 334 g/mol. The maximum absolute atomic E-state index is 11.8. The highest BCUT2D eigenvalue weighted by molar-refractivity contribution is 7.14. The van der Waals surface area contributed by atoms with Gasteiger partial charge in [0.25, 0.3) is 5.91 Å². The predicted molar refractivity (Wildman–Crippen MR) is 90.9 cm³/mol. The number of nitrogens with one attached hydrogen (secondary N) is 1. The van der Waals surface area contributed by atoms with Crippen LogP contribution in [0.2, 0.25) is 4.34 Å². The third kappa shape index (κ3) is 4.06. The summed E-state index contributed by atoms with van der Waals surface area (Å²) >= 11 is 7.24. The maximum atomic E-state index is 11.8. The molecule has 3 rings (SSSR count). The van der Waals surface area contributed by atoms with Crippen molar-refractivity contribution in [2.75, 3.05) is 11.9 Å². The number of benzene rings is 1. The average molecular weight is 346 g/mol. The molecule has 5 nitrogen and oxygen atoms in total. The van der Waals surface area contributed by atoms with E-state index in [1.54, 1.807) is 23.8 Å². The molecule has 0 fully saturated rings. The first-order valence-corrected chi connectivity index (χ1v) is 8.01. The van der Waals surface area contributed by atoms with E-state index in [-0.39, 0.29) is 18.5 Å². The largest absolute Gasteiger partial charge is 0.481 e. The van der Waals surface area contributed by atoms with Gasteiger partial charge in [-0.05, 0) is 17.0 Å². The fourth-order valence-electron chi connectivity index (χ4n) is 1.86. The first-order valence-electron chi connectivity index (χ1n) is 6.75. The highest BCUT2D eigenvalue weighted by atomic mass is 35.5. The predicted octanol–water partition coefficient (Wildman–Crippen LogP) is 3.88. The van der Waals surface area contributed by atoms with E-state index in [2.05, 4.69) is 15.3 Å². The summed E-state index contributed by atoms with van der Waals surface area (Å²) in [5.74, 6) is 0.376. The van der Waals surface area contributed by atoms with Crippen LogP contribution in [0, 0.1) is 0 Å². The fourth-order valence-corrected chi connectivity index (χ4v) is 2.69. The van der Waals surface area contributed by atoms with Crippen LogP contribution in [0.5, 0.6) is 5.75 Å². The van der Waals surface area contributed by atoms with Crippen molar-refractivity contribution in [3.05, 3.63) is 58.5 Å². The zero-order valence-electron chi connectivity index (χ0n) is 11.9. The molecule has 0 saturated heterocycles. The molecule has 3 aromatic rings. The molecule has 0 aliphatic heterocycles. The molecule has 0 aliphatic carbocycles. The van der Waals surface area contributed by atoms with Crippen molar-refractivity contribution in [2.45, 2.75) is 0 Å². The number of ether oxygens (including phenoxy) is 1. The Morgan fingerprint density at radius 2 is 1.87 bits per heavy atom. The summed E-state index contributed by atoms with van der Waals surface area (Å²) in [6, 6.07) is 11.5. The lowest BCUT2D eigenvalue weighted by Gasteiger charge is -2.06. The van der Waals surface area contributed by atoms with Gasteiger partial charge >= 0.3 is 0 Å². The molecule has 7 heteroatoms. The molecule has 0 atom stereocenters. The lowest BCUT2D eigenvalue weighted by Crippen LogP contribution is -2.21. The standard InChI is InChI=1S/C16H12ClN3O2S/c17-15-13(6-7-23-15)22-10-14(21)20-16-18-8-12(9-19-16)11-4-2-1-3-5-11/h1-9H,10H2,(H,18,19,20,21). The van der Waals surface area contributed by atoms with Crippen molar-refractivity contribution in [3.63, 3.8) is 0 Å². The van der Waals surface area contributed by atoms with E-state index in [0.29, 0.717) is 10.1 Å². The number of nitrogens with zero attached hydrogens (tertiary/aromatic N) is 2. The Morgan fingerprint density at radius 1 is 1.13 bits per heavy atom. The van der Waals surface area contributed by atoms with Gasteiger partial charge in [-0.25, -0.2) is 9.97 Å². The Labute approximate surface area is 141 Å². The van der Waals surface area contributed by atoms with Crippen molar-refractivity contribution in [1.82, 2.24) is 9.97 Å². The smallest absolute Gasteiger partial charge is 0.264 e. The molecule has 0 radical (unpaired) electrons. The monoisotopic (exact) mass is 345 g/mol. The van der Waals surface area contributed by atoms with Crippen LogP contribution < -0.4 is 10.1 Å². The highest BCUT2D eigenvalue weighted by Gasteiger charge is 2.08. The second-order valence-corrected chi connectivity index (χ2v) is 6.07. The molecule has 1 amide bonds. The van der Waals surface area contributed by atoms with Crippen LogP contribution in [-0.2, 0) is 4.79 Å². The van der Waals surface area contributed by atoms with E-state index in [1.807, 2.05) is 30.3 Å². The molecule has 0 unspecified atom stereocenters. The maximum Gasteiger partial charge on any atom is 0.264 e. The zero-order valence-corrected chi connectivity index (χ0v) is 13.5. The van der Waals surface area contributed by atoms with Gasteiger partial charge in [-0.15, -0.1) is 11.3 Å². The first kappa shape index (κ1) is 15.5. The Bertz CT molecular complexity index is 791. The van der Waals surface area contributed by atoms with Crippen LogP contribution in [0.4, 0.5) is 5.95 Å². The summed E-state index contributed by atoms with van der Waals surface area (Å²) in [5.41, 5.74) is 1.89. The summed E-state index contributed by atoms with van der Waals surface area (Å²) < 4.78 is 5.83. The molecule has 116 valence electrons. The summed E-state index contributed by atoms with van der Waals surface area (Å²) in [5, 5.41) is 4.37. The Balaban J connectivity index is 1.58. The number of amides is 1.